The maximum absolute atomic E-state index is 8.87. The third kappa shape index (κ3) is 3.22. The third-order valence-corrected chi connectivity index (χ3v) is 3.99. The van der Waals surface area contributed by atoms with Gasteiger partial charge in [0, 0.05) is 15.2 Å². The highest BCUT2D eigenvalue weighted by molar-refractivity contribution is 9.10. The van der Waals surface area contributed by atoms with Crippen molar-refractivity contribution in [1.29, 1.82) is 5.26 Å². The van der Waals surface area contributed by atoms with Crippen molar-refractivity contribution in [2.24, 2.45) is 0 Å². The van der Waals surface area contributed by atoms with E-state index in [1.165, 1.54) is 0 Å². The number of nitriles is 1. The van der Waals surface area contributed by atoms with Crippen molar-refractivity contribution in [3.8, 4) is 6.07 Å². The van der Waals surface area contributed by atoms with Crippen LogP contribution in [-0.4, -0.2) is 0 Å². The predicted molar refractivity (Wildman–Crippen MR) is 83.3 cm³/mol. The quantitative estimate of drug-likeness (QED) is 0.752. The average molecular weight is 356 g/mol. The molecule has 0 aliphatic heterocycles. The molecular weight excluding hydrogens is 347 g/mol. The van der Waals surface area contributed by atoms with Crippen LogP contribution < -0.4 is 5.32 Å². The van der Waals surface area contributed by atoms with Crippen LogP contribution in [0.3, 0.4) is 0 Å². The van der Waals surface area contributed by atoms with Gasteiger partial charge in [-0.05, 0) is 58.7 Å². The minimum absolute atomic E-state index is 0.582. The van der Waals surface area contributed by atoms with E-state index in [1.807, 2.05) is 25.1 Å². The summed E-state index contributed by atoms with van der Waals surface area (Å²) in [6.45, 7) is 1.90. The van der Waals surface area contributed by atoms with Gasteiger partial charge in [-0.15, -0.1) is 0 Å². The molecule has 1 N–H and O–H groups in total. The second-order valence-electron chi connectivity index (χ2n) is 4.01. The zero-order chi connectivity index (χ0) is 14.0. The molecule has 5 heteroatoms. The van der Waals surface area contributed by atoms with Gasteiger partial charge in [0.15, 0.2) is 0 Å². The SMILES string of the molecule is Cc1cc(Cl)c(Nc2ccc(C#N)c(Br)c2)cc1Cl. The van der Waals surface area contributed by atoms with Crippen LogP contribution >= 0.6 is 39.1 Å². The molecule has 0 heterocycles. The number of aryl methyl sites for hydroxylation is 1. The second kappa shape index (κ2) is 5.83. The summed E-state index contributed by atoms with van der Waals surface area (Å²) in [5.41, 5.74) is 3.07. The molecule has 0 unspecified atom stereocenters. The van der Waals surface area contributed by atoms with Crippen LogP contribution in [0, 0.1) is 18.3 Å². The Hall–Kier alpha value is -1.21. The molecule has 0 saturated carbocycles. The number of benzene rings is 2. The highest BCUT2D eigenvalue weighted by atomic mass is 79.9. The first kappa shape index (κ1) is 14.2. The summed E-state index contributed by atoms with van der Waals surface area (Å²) in [6, 6.07) is 11.1. The van der Waals surface area contributed by atoms with Gasteiger partial charge in [0.1, 0.15) is 6.07 Å². The summed E-state index contributed by atoms with van der Waals surface area (Å²) < 4.78 is 0.731. The van der Waals surface area contributed by atoms with Crippen molar-refractivity contribution in [2.75, 3.05) is 5.32 Å². The fourth-order valence-electron chi connectivity index (χ4n) is 1.58. The van der Waals surface area contributed by atoms with Crippen LogP contribution in [0.5, 0.6) is 0 Å². The van der Waals surface area contributed by atoms with E-state index in [4.69, 9.17) is 28.5 Å². The number of nitrogens with zero attached hydrogens (tertiary/aromatic N) is 1. The Balaban J connectivity index is 2.34. The van der Waals surface area contributed by atoms with Gasteiger partial charge in [0.05, 0.1) is 16.3 Å². The standard InChI is InChI=1S/C14H9BrCl2N2/c1-8-4-13(17)14(6-12(8)16)19-10-3-2-9(7-18)11(15)5-10/h2-6,19H,1H3. The normalized spacial score (nSPS) is 10.1. The molecule has 0 radical (unpaired) electrons. The molecule has 0 spiro atoms. The molecule has 19 heavy (non-hydrogen) atoms. The van der Waals surface area contributed by atoms with Crippen molar-refractivity contribution in [3.63, 3.8) is 0 Å². The molecule has 0 aliphatic rings. The van der Waals surface area contributed by atoms with Crippen molar-refractivity contribution in [3.05, 3.63) is 56.0 Å². The Morgan fingerprint density at radius 1 is 1.16 bits per heavy atom. The van der Waals surface area contributed by atoms with E-state index >= 15 is 0 Å². The Kier molecular flexibility index (Phi) is 4.36. The summed E-state index contributed by atoms with van der Waals surface area (Å²) in [4.78, 5) is 0. The molecule has 2 nitrogen and oxygen atoms in total. The molecule has 0 atom stereocenters. The summed E-state index contributed by atoms with van der Waals surface area (Å²) >= 11 is 15.6. The summed E-state index contributed by atoms with van der Waals surface area (Å²) in [5.74, 6) is 0. The lowest BCUT2D eigenvalue weighted by Gasteiger charge is -2.11. The molecule has 2 aromatic rings. The minimum atomic E-state index is 0.582. The minimum Gasteiger partial charge on any atom is -0.354 e. The number of rotatable bonds is 2. The van der Waals surface area contributed by atoms with Crippen LogP contribution in [0.25, 0.3) is 0 Å². The van der Waals surface area contributed by atoms with Gasteiger partial charge in [-0.1, -0.05) is 23.2 Å². The van der Waals surface area contributed by atoms with Gasteiger partial charge in [-0.25, -0.2) is 0 Å². The van der Waals surface area contributed by atoms with E-state index < -0.39 is 0 Å². The molecule has 0 aliphatic carbocycles. The summed E-state index contributed by atoms with van der Waals surface area (Å²) in [6.07, 6.45) is 0. The molecule has 0 aromatic heterocycles. The number of hydrogen-bond acceptors (Lipinski definition) is 2. The van der Waals surface area contributed by atoms with Crippen LogP contribution in [0.2, 0.25) is 10.0 Å². The molecular formula is C14H9BrCl2N2. The predicted octanol–water partition coefficient (Wildman–Crippen LogP) is 5.68. The average Bonchev–Trinajstić information content (AvgIpc) is 2.36. The molecule has 96 valence electrons. The Morgan fingerprint density at radius 3 is 2.53 bits per heavy atom. The van der Waals surface area contributed by atoms with Crippen LogP contribution in [0.4, 0.5) is 11.4 Å². The molecule has 0 saturated heterocycles. The first-order chi connectivity index (χ1) is 9.01. The van der Waals surface area contributed by atoms with Gasteiger partial charge in [0.25, 0.3) is 0 Å². The Labute approximate surface area is 130 Å². The van der Waals surface area contributed by atoms with Crippen LogP contribution in [-0.2, 0) is 0 Å². The van der Waals surface area contributed by atoms with E-state index in [0.29, 0.717) is 15.6 Å². The molecule has 2 aromatic carbocycles. The Bertz CT molecular complexity index is 678. The van der Waals surface area contributed by atoms with Gasteiger partial charge >= 0.3 is 0 Å². The first-order valence-corrected chi connectivity index (χ1v) is 6.98. The van der Waals surface area contributed by atoms with Gasteiger partial charge < -0.3 is 5.32 Å². The van der Waals surface area contributed by atoms with Gasteiger partial charge in [0.2, 0.25) is 0 Å². The number of anilines is 2. The van der Waals surface area contributed by atoms with E-state index in [-0.39, 0.29) is 0 Å². The zero-order valence-corrected chi connectivity index (χ0v) is 13.1. The first-order valence-electron chi connectivity index (χ1n) is 5.43. The molecule has 0 bridgehead atoms. The smallest absolute Gasteiger partial charge is 0.100 e. The molecule has 0 amide bonds. The molecule has 0 fully saturated rings. The molecule has 2 rings (SSSR count). The zero-order valence-electron chi connectivity index (χ0n) is 9.97. The fraction of sp³-hybridized carbons (Fsp3) is 0.0714. The fourth-order valence-corrected chi connectivity index (χ4v) is 2.48. The topological polar surface area (TPSA) is 35.8 Å². The van der Waals surface area contributed by atoms with E-state index in [1.54, 1.807) is 12.1 Å². The van der Waals surface area contributed by atoms with Crippen LogP contribution in [0.15, 0.2) is 34.8 Å². The highest BCUT2D eigenvalue weighted by Crippen LogP contribution is 2.32. The summed E-state index contributed by atoms with van der Waals surface area (Å²) in [5, 5.41) is 13.3. The van der Waals surface area contributed by atoms with E-state index in [0.717, 1.165) is 21.4 Å². The van der Waals surface area contributed by atoms with Crippen molar-refractivity contribution in [2.45, 2.75) is 6.92 Å². The number of hydrogen-bond donors (Lipinski definition) is 1. The maximum atomic E-state index is 8.87. The van der Waals surface area contributed by atoms with Gasteiger partial charge in [-0.2, -0.15) is 5.26 Å². The van der Waals surface area contributed by atoms with Crippen molar-refractivity contribution >= 4 is 50.5 Å². The lowest BCUT2D eigenvalue weighted by molar-refractivity contribution is 1.43. The monoisotopic (exact) mass is 354 g/mol. The number of nitrogens with one attached hydrogen (secondary N) is 1. The largest absolute Gasteiger partial charge is 0.354 e. The van der Waals surface area contributed by atoms with Crippen molar-refractivity contribution in [1.82, 2.24) is 0 Å². The number of halogens is 3. The lowest BCUT2D eigenvalue weighted by atomic mass is 10.2. The maximum Gasteiger partial charge on any atom is 0.100 e. The van der Waals surface area contributed by atoms with E-state index in [2.05, 4.69) is 27.3 Å². The third-order valence-electron chi connectivity index (χ3n) is 2.62. The second-order valence-corrected chi connectivity index (χ2v) is 5.68. The van der Waals surface area contributed by atoms with Crippen LogP contribution in [0.1, 0.15) is 11.1 Å². The van der Waals surface area contributed by atoms with Crippen molar-refractivity contribution < 1.29 is 0 Å². The van der Waals surface area contributed by atoms with Gasteiger partial charge in [-0.3, -0.25) is 0 Å². The Morgan fingerprint density at radius 2 is 1.89 bits per heavy atom. The highest BCUT2D eigenvalue weighted by Gasteiger charge is 2.06. The lowest BCUT2D eigenvalue weighted by Crippen LogP contribution is -1.93. The van der Waals surface area contributed by atoms with E-state index in [9.17, 15) is 0 Å². The summed E-state index contributed by atoms with van der Waals surface area (Å²) in [7, 11) is 0.